The molecule has 1 aliphatic rings. The van der Waals surface area contributed by atoms with Crippen molar-refractivity contribution in [3.8, 4) is 0 Å². The molecule has 0 saturated carbocycles. The second-order valence-corrected chi connectivity index (χ2v) is 6.84. The summed E-state index contributed by atoms with van der Waals surface area (Å²) in [4.78, 5) is 23.7. The molecule has 0 aliphatic carbocycles. The minimum Gasteiger partial charge on any atom is -0.465 e. The fraction of sp³-hybridized carbons (Fsp3) is 0.385. The van der Waals surface area contributed by atoms with Crippen LogP contribution in [0.25, 0.3) is 0 Å². The van der Waals surface area contributed by atoms with Gasteiger partial charge in [0, 0.05) is 6.04 Å². The molecule has 7 heteroatoms. The molecule has 1 fully saturated rings. The molecule has 1 unspecified atom stereocenters. The smallest absolute Gasteiger partial charge is 0.338 e. The molecule has 1 aliphatic heterocycles. The average Bonchev–Trinajstić information content (AvgIpc) is 2.77. The zero-order chi connectivity index (χ0) is 14.8. The van der Waals surface area contributed by atoms with Gasteiger partial charge in [-0.2, -0.15) is 0 Å². The first kappa shape index (κ1) is 14.5. The summed E-state index contributed by atoms with van der Waals surface area (Å²) >= 11 is 0. The van der Waals surface area contributed by atoms with Gasteiger partial charge in [-0.05, 0) is 18.6 Å². The molecule has 108 valence electrons. The maximum Gasteiger partial charge on any atom is 0.338 e. The van der Waals surface area contributed by atoms with Gasteiger partial charge in [0.15, 0.2) is 9.84 Å². The van der Waals surface area contributed by atoms with Crippen molar-refractivity contribution in [1.82, 2.24) is 5.32 Å². The molecule has 0 aromatic heterocycles. The number of sulfone groups is 1. The molecule has 1 heterocycles. The second kappa shape index (κ2) is 5.62. The zero-order valence-electron chi connectivity index (χ0n) is 11.0. The van der Waals surface area contributed by atoms with Crippen molar-refractivity contribution in [2.75, 3.05) is 18.6 Å². The van der Waals surface area contributed by atoms with Crippen LogP contribution in [0.5, 0.6) is 0 Å². The Balaban J connectivity index is 2.16. The highest BCUT2D eigenvalue weighted by molar-refractivity contribution is 7.91. The third-order valence-corrected chi connectivity index (χ3v) is 4.91. The van der Waals surface area contributed by atoms with Crippen molar-refractivity contribution in [3.05, 3.63) is 35.4 Å². The maximum absolute atomic E-state index is 12.1. The number of rotatable bonds is 3. The van der Waals surface area contributed by atoms with E-state index in [9.17, 15) is 18.0 Å². The Bertz CT molecular complexity index is 638. The predicted octanol–water partition coefficient (Wildman–Crippen LogP) is 0.390. The van der Waals surface area contributed by atoms with Crippen molar-refractivity contribution < 1.29 is 22.7 Å². The van der Waals surface area contributed by atoms with Gasteiger partial charge in [0.05, 0.1) is 29.7 Å². The van der Waals surface area contributed by atoms with Crippen molar-refractivity contribution in [3.63, 3.8) is 0 Å². The fourth-order valence-electron chi connectivity index (χ4n) is 2.14. The van der Waals surface area contributed by atoms with Gasteiger partial charge in [0.1, 0.15) is 0 Å². The molecule has 0 spiro atoms. The van der Waals surface area contributed by atoms with E-state index in [-0.39, 0.29) is 22.6 Å². The van der Waals surface area contributed by atoms with Crippen molar-refractivity contribution >= 4 is 21.7 Å². The van der Waals surface area contributed by atoms with E-state index in [4.69, 9.17) is 0 Å². The average molecular weight is 297 g/mol. The standard InChI is InChI=1S/C13H15NO5S/c1-19-13(16)11-5-3-2-4-10(11)12(15)14-9-6-7-20(17,18)8-9/h2-5,9H,6-8H2,1H3,(H,14,15). The quantitative estimate of drug-likeness (QED) is 0.815. The van der Waals surface area contributed by atoms with Crippen LogP contribution in [0.2, 0.25) is 0 Å². The Kier molecular flexibility index (Phi) is 4.08. The van der Waals surface area contributed by atoms with Crippen LogP contribution in [0.3, 0.4) is 0 Å². The van der Waals surface area contributed by atoms with Crippen molar-refractivity contribution in [2.45, 2.75) is 12.5 Å². The van der Waals surface area contributed by atoms with Crippen LogP contribution in [-0.4, -0.2) is 45.0 Å². The lowest BCUT2D eigenvalue weighted by Crippen LogP contribution is -2.36. The largest absolute Gasteiger partial charge is 0.465 e. The number of hydrogen-bond acceptors (Lipinski definition) is 5. The van der Waals surface area contributed by atoms with Gasteiger partial charge >= 0.3 is 5.97 Å². The Labute approximate surface area is 117 Å². The molecule has 6 nitrogen and oxygen atoms in total. The summed E-state index contributed by atoms with van der Waals surface area (Å²) in [6.07, 6.45) is 0.397. The normalized spacial score (nSPS) is 20.4. The summed E-state index contributed by atoms with van der Waals surface area (Å²) in [5.41, 5.74) is 0.344. The molecule has 1 aromatic carbocycles. The van der Waals surface area contributed by atoms with E-state index in [0.717, 1.165) is 0 Å². The number of methoxy groups -OCH3 is 1. The van der Waals surface area contributed by atoms with Gasteiger partial charge in [0.2, 0.25) is 0 Å². The monoisotopic (exact) mass is 297 g/mol. The zero-order valence-corrected chi connectivity index (χ0v) is 11.8. The summed E-state index contributed by atoms with van der Waals surface area (Å²) in [5, 5.41) is 2.64. The summed E-state index contributed by atoms with van der Waals surface area (Å²) in [6.45, 7) is 0. The number of nitrogens with one attached hydrogen (secondary N) is 1. The number of amides is 1. The van der Waals surface area contributed by atoms with Crippen molar-refractivity contribution in [1.29, 1.82) is 0 Å². The molecule has 1 atom stereocenters. The molecule has 0 bridgehead atoms. The number of benzene rings is 1. The van der Waals surface area contributed by atoms with Gasteiger partial charge in [-0.15, -0.1) is 0 Å². The highest BCUT2D eigenvalue weighted by atomic mass is 32.2. The molecular formula is C13H15NO5S. The predicted molar refractivity (Wildman–Crippen MR) is 72.3 cm³/mol. The van der Waals surface area contributed by atoms with Crippen LogP contribution in [0.4, 0.5) is 0 Å². The van der Waals surface area contributed by atoms with Gasteiger partial charge in [-0.25, -0.2) is 13.2 Å². The van der Waals surface area contributed by atoms with E-state index in [2.05, 4.69) is 10.1 Å². The third kappa shape index (κ3) is 3.16. The molecule has 1 N–H and O–H groups in total. The van der Waals surface area contributed by atoms with Gasteiger partial charge in [0.25, 0.3) is 5.91 Å². The van der Waals surface area contributed by atoms with Gasteiger partial charge in [-0.1, -0.05) is 12.1 Å². The number of carbonyl (C=O) groups is 2. The molecule has 1 amide bonds. The highest BCUT2D eigenvalue weighted by Gasteiger charge is 2.29. The van der Waals surface area contributed by atoms with E-state index < -0.39 is 27.8 Å². The maximum atomic E-state index is 12.1. The molecule has 20 heavy (non-hydrogen) atoms. The fourth-order valence-corrected chi connectivity index (χ4v) is 3.81. The van der Waals surface area contributed by atoms with Crippen LogP contribution in [0.15, 0.2) is 24.3 Å². The summed E-state index contributed by atoms with van der Waals surface area (Å²) in [5.74, 6) is -1.04. The summed E-state index contributed by atoms with van der Waals surface area (Å²) in [6, 6.07) is 5.85. The van der Waals surface area contributed by atoms with Gasteiger partial charge < -0.3 is 10.1 Å². The number of hydrogen-bond donors (Lipinski definition) is 1. The Morgan fingerprint density at radius 2 is 1.90 bits per heavy atom. The van der Waals surface area contributed by atoms with Crippen LogP contribution in [0.1, 0.15) is 27.1 Å². The first-order valence-corrected chi connectivity index (χ1v) is 7.94. The van der Waals surface area contributed by atoms with Crippen LogP contribution < -0.4 is 5.32 Å². The second-order valence-electron chi connectivity index (χ2n) is 4.61. The first-order valence-electron chi connectivity index (χ1n) is 6.11. The minimum atomic E-state index is -3.06. The van der Waals surface area contributed by atoms with Crippen LogP contribution in [-0.2, 0) is 14.6 Å². The number of esters is 1. The van der Waals surface area contributed by atoms with E-state index in [1.54, 1.807) is 12.1 Å². The molecule has 0 radical (unpaired) electrons. The number of ether oxygens (including phenoxy) is 1. The lowest BCUT2D eigenvalue weighted by Gasteiger charge is -2.12. The van der Waals surface area contributed by atoms with Crippen molar-refractivity contribution in [2.24, 2.45) is 0 Å². The summed E-state index contributed by atoms with van der Waals surface area (Å²) < 4.78 is 27.3. The highest BCUT2D eigenvalue weighted by Crippen LogP contribution is 2.14. The first-order chi connectivity index (χ1) is 9.43. The Hall–Kier alpha value is -1.89. The summed E-state index contributed by atoms with van der Waals surface area (Å²) in [7, 11) is -1.82. The van der Waals surface area contributed by atoms with E-state index in [1.165, 1.54) is 19.2 Å². The van der Waals surface area contributed by atoms with E-state index in [0.29, 0.717) is 6.42 Å². The molecule has 1 saturated heterocycles. The van der Waals surface area contributed by atoms with E-state index in [1.807, 2.05) is 0 Å². The molecule has 1 aromatic rings. The van der Waals surface area contributed by atoms with E-state index >= 15 is 0 Å². The minimum absolute atomic E-state index is 0.0564. The number of carbonyl (C=O) groups excluding carboxylic acids is 2. The Morgan fingerprint density at radius 3 is 2.45 bits per heavy atom. The molecular weight excluding hydrogens is 282 g/mol. The topological polar surface area (TPSA) is 89.5 Å². The van der Waals surface area contributed by atoms with Gasteiger partial charge in [-0.3, -0.25) is 4.79 Å². The lowest BCUT2D eigenvalue weighted by atomic mass is 10.1. The Morgan fingerprint density at radius 1 is 1.25 bits per heavy atom. The lowest BCUT2D eigenvalue weighted by molar-refractivity contribution is 0.0596. The molecule has 2 rings (SSSR count). The van der Waals surface area contributed by atoms with Crippen LogP contribution in [0, 0.1) is 0 Å². The SMILES string of the molecule is COC(=O)c1ccccc1C(=O)NC1CCS(=O)(=O)C1. The van der Waals surface area contributed by atoms with Crippen LogP contribution >= 0.6 is 0 Å². The third-order valence-electron chi connectivity index (χ3n) is 3.14.